The van der Waals surface area contributed by atoms with E-state index >= 15 is 0 Å². The number of ether oxygens (including phenoxy) is 1. The first-order chi connectivity index (χ1) is 11.1. The lowest BCUT2D eigenvalue weighted by atomic mass is 9.98. The van der Waals surface area contributed by atoms with E-state index in [2.05, 4.69) is 0 Å². The summed E-state index contributed by atoms with van der Waals surface area (Å²) in [6, 6.07) is 12.0. The summed E-state index contributed by atoms with van der Waals surface area (Å²) >= 11 is 0. The number of Topliss-reactive ketones (excluding diaryl/α,β-unsaturated/α-hetero) is 1. The fourth-order valence-electron chi connectivity index (χ4n) is 2.42. The van der Waals surface area contributed by atoms with Crippen molar-refractivity contribution >= 4 is 17.9 Å². The first kappa shape index (κ1) is 15.3. The van der Waals surface area contributed by atoms with E-state index in [0.29, 0.717) is 22.3 Å². The second kappa shape index (κ2) is 6.67. The monoisotopic (exact) mass is 312 g/mol. The molecule has 0 N–H and O–H groups in total. The van der Waals surface area contributed by atoms with Crippen LogP contribution in [0.5, 0.6) is 0 Å². The molecule has 2 aromatic rings. The second-order valence-electron chi connectivity index (χ2n) is 5.27. The number of carbonyl (C=O) groups excluding carboxylic acids is 1. The molecule has 1 aliphatic heterocycles. The zero-order valence-electron chi connectivity index (χ0n) is 12.3. The minimum Gasteiger partial charge on any atom is -0.372 e. The molecule has 2 aromatic carbocycles. The van der Waals surface area contributed by atoms with Gasteiger partial charge in [-0.2, -0.15) is 0 Å². The highest BCUT2D eigenvalue weighted by Crippen LogP contribution is 2.20. The van der Waals surface area contributed by atoms with Crippen LogP contribution >= 0.6 is 0 Å². The second-order valence-corrected chi connectivity index (χ2v) is 5.27. The van der Waals surface area contributed by atoms with Crippen LogP contribution in [0.25, 0.3) is 12.2 Å². The summed E-state index contributed by atoms with van der Waals surface area (Å²) in [6.45, 7) is 0.353. The van der Waals surface area contributed by atoms with Gasteiger partial charge in [-0.05, 0) is 47.5 Å². The van der Waals surface area contributed by atoms with Crippen molar-refractivity contribution in [3.05, 3.63) is 82.4 Å². The Morgan fingerprint density at radius 1 is 0.826 bits per heavy atom. The smallest absolute Gasteiger partial charge is 0.189 e. The minimum absolute atomic E-state index is 0.162. The molecule has 0 radical (unpaired) electrons. The minimum atomic E-state index is -0.362. The number of rotatable bonds is 2. The molecule has 0 atom stereocenters. The topological polar surface area (TPSA) is 26.3 Å². The summed E-state index contributed by atoms with van der Waals surface area (Å²) < 4.78 is 31.9. The third-order valence-electron chi connectivity index (χ3n) is 3.48. The van der Waals surface area contributed by atoms with Crippen molar-refractivity contribution in [1.82, 2.24) is 0 Å². The molecule has 0 unspecified atom stereocenters. The predicted octanol–water partition coefficient (Wildman–Crippen LogP) is 4.03. The van der Waals surface area contributed by atoms with E-state index in [4.69, 9.17) is 4.74 Å². The summed E-state index contributed by atoms with van der Waals surface area (Å²) in [5.74, 6) is -0.886. The van der Waals surface area contributed by atoms with Crippen LogP contribution in [-0.2, 0) is 9.53 Å². The van der Waals surface area contributed by atoms with Gasteiger partial charge in [-0.3, -0.25) is 4.79 Å². The van der Waals surface area contributed by atoms with Crippen LogP contribution in [0.1, 0.15) is 11.1 Å². The Morgan fingerprint density at radius 3 is 1.74 bits per heavy atom. The Bertz CT molecular complexity index is 741. The van der Waals surface area contributed by atoms with E-state index in [1.807, 2.05) is 0 Å². The molecule has 0 aliphatic carbocycles. The van der Waals surface area contributed by atoms with Gasteiger partial charge in [-0.25, -0.2) is 8.78 Å². The van der Waals surface area contributed by atoms with E-state index in [1.54, 1.807) is 36.4 Å². The summed E-state index contributed by atoms with van der Waals surface area (Å²) in [6.07, 6.45) is 3.23. The number of halogens is 2. The average molecular weight is 312 g/mol. The maximum absolute atomic E-state index is 13.2. The zero-order chi connectivity index (χ0) is 16.2. The van der Waals surface area contributed by atoms with E-state index in [9.17, 15) is 13.6 Å². The Balaban J connectivity index is 1.89. The maximum Gasteiger partial charge on any atom is 0.189 e. The Morgan fingerprint density at radius 2 is 1.30 bits per heavy atom. The molecule has 0 saturated carbocycles. The van der Waals surface area contributed by atoms with Crippen LogP contribution < -0.4 is 0 Å². The molecular weight excluding hydrogens is 298 g/mol. The van der Waals surface area contributed by atoms with Gasteiger partial charge >= 0.3 is 0 Å². The molecule has 23 heavy (non-hydrogen) atoms. The van der Waals surface area contributed by atoms with E-state index in [0.717, 1.165) is 0 Å². The third-order valence-corrected chi connectivity index (χ3v) is 3.48. The summed E-state index contributed by atoms with van der Waals surface area (Å²) in [4.78, 5) is 12.5. The molecule has 1 fully saturated rings. The lowest BCUT2D eigenvalue weighted by Crippen LogP contribution is -2.21. The van der Waals surface area contributed by atoms with Gasteiger partial charge < -0.3 is 4.74 Å². The number of benzene rings is 2. The summed E-state index contributed by atoms with van der Waals surface area (Å²) in [7, 11) is 0. The van der Waals surface area contributed by atoms with Crippen LogP contribution in [0.3, 0.4) is 0 Å². The highest BCUT2D eigenvalue weighted by Gasteiger charge is 2.21. The Kier molecular flexibility index (Phi) is 4.44. The molecule has 116 valence electrons. The van der Waals surface area contributed by atoms with Crippen LogP contribution in [0.4, 0.5) is 8.78 Å². The fourth-order valence-corrected chi connectivity index (χ4v) is 2.42. The van der Waals surface area contributed by atoms with E-state index in [1.165, 1.54) is 24.3 Å². The lowest BCUT2D eigenvalue weighted by molar-refractivity contribution is -0.114. The van der Waals surface area contributed by atoms with Gasteiger partial charge in [0, 0.05) is 11.1 Å². The van der Waals surface area contributed by atoms with Crippen LogP contribution in [0.15, 0.2) is 59.7 Å². The number of ketones is 1. The first-order valence-corrected chi connectivity index (χ1v) is 7.16. The van der Waals surface area contributed by atoms with Gasteiger partial charge in [0.15, 0.2) is 5.78 Å². The fraction of sp³-hybridized carbons (Fsp3) is 0.105. The molecule has 0 amide bonds. The number of carbonyl (C=O) groups is 1. The van der Waals surface area contributed by atoms with Gasteiger partial charge in [0.25, 0.3) is 0 Å². The highest BCUT2D eigenvalue weighted by molar-refractivity contribution is 6.14. The standard InChI is InChI=1S/C19H14F2O2/c20-17-5-1-3-13(9-17)7-15-11-23-12-16(19(15)22)8-14-4-2-6-18(21)10-14/h1-10H,11-12H2. The molecule has 1 aliphatic rings. The van der Waals surface area contributed by atoms with Gasteiger partial charge in [-0.1, -0.05) is 24.3 Å². The average Bonchev–Trinajstić information content (AvgIpc) is 2.51. The number of hydrogen-bond donors (Lipinski definition) is 0. The van der Waals surface area contributed by atoms with Crippen LogP contribution in [0, 0.1) is 11.6 Å². The molecule has 1 heterocycles. The van der Waals surface area contributed by atoms with Gasteiger partial charge in [-0.15, -0.1) is 0 Å². The molecule has 0 spiro atoms. The Labute approximate surface area is 132 Å². The largest absolute Gasteiger partial charge is 0.372 e. The molecule has 1 saturated heterocycles. The maximum atomic E-state index is 13.2. The first-order valence-electron chi connectivity index (χ1n) is 7.16. The van der Waals surface area contributed by atoms with Crippen molar-refractivity contribution < 1.29 is 18.3 Å². The van der Waals surface area contributed by atoms with Crippen molar-refractivity contribution in [2.45, 2.75) is 0 Å². The predicted molar refractivity (Wildman–Crippen MR) is 84.6 cm³/mol. The van der Waals surface area contributed by atoms with E-state index < -0.39 is 0 Å². The zero-order valence-corrected chi connectivity index (χ0v) is 12.3. The van der Waals surface area contributed by atoms with Gasteiger partial charge in [0.05, 0.1) is 13.2 Å². The third kappa shape index (κ3) is 3.79. The van der Waals surface area contributed by atoms with Crippen LogP contribution in [0.2, 0.25) is 0 Å². The quantitative estimate of drug-likeness (QED) is 0.783. The number of hydrogen-bond acceptors (Lipinski definition) is 2. The molecular formula is C19H14F2O2. The molecule has 4 heteroatoms. The SMILES string of the molecule is O=C1C(=Cc2cccc(F)c2)COCC1=Cc1cccc(F)c1. The normalized spacial score (nSPS) is 18.6. The van der Waals surface area contributed by atoms with Crippen molar-refractivity contribution in [3.63, 3.8) is 0 Å². The summed E-state index contributed by atoms with van der Waals surface area (Å²) in [5, 5.41) is 0. The molecule has 3 rings (SSSR count). The molecule has 0 aromatic heterocycles. The van der Waals surface area contributed by atoms with Crippen LogP contribution in [-0.4, -0.2) is 19.0 Å². The van der Waals surface area contributed by atoms with Crippen molar-refractivity contribution in [3.8, 4) is 0 Å². The Hall–Kier alpha value is -2.59. The van der Waals surface area contributed by atoms with Gasteiger partial charge in [0.2, 0.25) is 0 Å². The van der Waals surface area contributed by atoms with Crippen molar-refractivity contribution in [2.24, 2.45) is 0 Å². The van der Waals surface area contributed by atoms with Gasteiger partial charge in [0.1, 0.15) is 11.6 Å². The molecule has 0 bridgehead atoms. The van der Waals surface area contributed by atoms with Crippen molar-refractivity contribution in [1.29, 1.82) is 0 Å². The summed E-state index contributed by atoms with van der Waals surface area (Å²) in [5.41, 5.74) is 2.10. The van der Waals surface area contributed by atoms with Crippen molar-refractivity contribution in [2.75, 3.05) is 13.2 Å². The highest BCUT2D eigenvalue weighted by atomic mass is 19.1. The molecule has 2 nitrogen and oxygen atoms in total. The van der Waals surface area contributed by atoms with E-state index in [-0.39, 0.29) is 30.6 Å². The lowest BCUT2D eigenvalue weighted by Gasteiger charge is -2.17.